The lowest BCUT2D eigenvalue weighted by molar-refractivity contribution is -0.145. The Bertz CT molecular complexity index is 1930. The number of thiazole rings is 1. The highest BCUT2D eigenvalue weighted by Gasteiger charge is 2.35. The van der Waals surface area contributed by atoms with E-state index in [-0.39, 0.29) is 31.0 Å². The summed E-state index contributed by atoms with van der Waals surface area (Å²) < 4.78 is 28.9. The van der Waals surface area contributed by atoms with Gasteiger partial charge in [0, 0.05) is 5.56 Å². The smallest absolute Gasteiger partial charge is 0.344 e. The number of aromatic nitrogens is 1. The predicted octanol–water partition coefficient (Wildman–Crippen LogP) is 3.89. The van der Waals surface area contributed by atoms with E-state index in [9.17, 15) is 14.4 Å². The third kappa shape index (κ3) is 6.68. The molecule has 0 saturated heterocycles. The molecule has 45 heavy (non-hydrogen) atoms. The molecule has 1 unspecified atom stereocenters. The number of esters is 2. The zero-order valence-corrected chi connectivity index (χ0v) is 26.1. The van der Waals surface area contributed by atoms with Crippen LogP contribution in [0.4, 0.5) is 0 Å². The van der Waals surface area contributed by atoms with Gasteiger partial charge in [0.15, 0.2) is 22.9 Å². The number of carbonyl (C=O) groups excluding carboxylic acids is 2. The molecule has 232 valence electrons. The molecule has 0 saturated carbocycles. The fraction of sp³-hybridized carbons (Fsp3) is 0.235. The van der Waals surface area contributed by atoms with Crippen LogP contribution in [0.2, 0.25) is 0 Å². The molecular formula is C34H32N2O8S. The Morgan fingerprint density at radius 3 is 2.40 bits per heavy atom. The topological polar surface area (TPSA) is 115 Å². The average Bonchev–Trinajstić information content (AvgIpc) is 3.37. The summed E-state index contributed by atoms with van der Waals surface area (Å²) in [5, 5.41) is 0. The average molecular weight is 629 g/mol. The highest BCUT2D eigenvalue weighted by atomic mass is 32.1. The van der Waals surface area contributed by atoms with Crippen LogP contribution >= 0.6 is 11.3 Å². The van der Waals surface area contributed by atoms with E-state index in [0.717, 1.165) is 0 Å². The first-order valence-electron chi connectivity index (χ1n) is 14.3. The lowest BCUT2D eigenvalue weighted by Gasteiger charge is -2.26. The van der Waals surface area contributed by atoms with Gasteiger partial charge in [-0.1, -0.05) is 59.9 Å². The van der Waals surface area contributed by atoms with E-state index in [4.69, 9.17) is 28.7 Å². The number of carbonyl (C=O) groups is 2. The second kappa shape index (κ2) is 14.1. The van der Waals surface area contributed by atoms with Crippen LogP contribution in [0.1, 0.15) is 36.6 Å². The van der Waals surface area contributed by atoms with Crippen molar-refractivity contribution in [2.75, 3.05) is 34.0 Å². The maximum absolute atomic E-state index is 14.2. The first-order chi connectivity index (χ1) is 21.9. The molecule has 0 radical (unpaired) electrons. The molecule has 5 rings (SSSR count). The number of nitrogens with zero attached hydrogens (tertiary/aromatic N) is 2. The Morgan fingerprint density at radius 2 is 1.69 bits per heavy atom. The van der Waals surface area contributed by atoms with Gasteiger partial charge in [-0.15, -0.1) is 0 Å². The summed E-state index contributed by atoms with van der Waals surface area (Å²) in [4.78, 5) is 44.8. The zero-order chi connectivity index (χ0) is 31.9. The van der Waals surface area contributed by atoms with E-state index in [1.54, 1.807) is 57.4 Å². The first-order valence-corrected chi connectivity index (χ1v) is 15.1. The molecule has 10 nitrogen and oxygen atoms in total. The van der Waals surface area contributed by atoms with Gasteiger partial charge in [0.1, 0.15) is 5.75 Å². The van der Waals surface area contributed by atoms with Crippen molar-refractivity contribution in [1.29, 1.82) is 0 Å². The number of methoxy groups -OCH3 is 2. The maximum Gasteiger partial charge on any atom is 0.344 e. The molecule has 0 spiro atoms. The molecule has 0 N–H and O–H groups in total. The number of hydrogen-bond donors (Lipinski definition) is 0. The number of rotatable bonds is 11. The predicted molar refractivity (Wildman–Crippen MR) is 169 cm³/mol. The van der Waals surface area contributed by atoms with Crippen molar-refractivity contribution in [3.63, 3.8) is 0 Å². The van der Waals surface area contributed by atoms with Crippen molar-refractivity contribution in [2.24, 2.45) is 4.99 Å². The van der Waals surface area contributed by atoms with Crippen molar-refractivity contribution < 1.29 is 33.3 Å². The van der Waals surface area contributed by atoms with Crippen LogP contribution in [-0.4, -0.2) is 50.5 Å². The molecule has 1 aliphatic rings. The Balaban J connectivity index is 1.68. The largest absolute Gasteiger partial charge is 0.497 e. The lowest BCUT2D eigenvalue weighted by atomic mass is 9.93. The van der Waals surface area contributed by atoms with E-state index in [2.05, 4.69) is 0 Å². The van der Waals surface area contributed by atoms with E-state index in [0.29, 0.717) is 49.0 Å². The van der Waals surface area contributed by atoms with Gasteiger partial charge in [0.2, 0.25) is 0 Å². The first kappa shape index (κ1) is 31.3. The Kier molecular flexibility index (Phi) is 9.79. The van der Waals surface area contributed by atoms with Gasteiger partial charge in [0.25, 0.3) is 5.56 Å². The molecule has 4 aromatic rings. The highest BCUT2D eigenvalue weighted by Crippen LogP contribution is 2.36. The summed E-state index contributed by atoms with van der Waals surface area (Å²) >= 11 is 1.21. The Hall–Kier alpha value is -5.16. The van der Waals surface area contributed by atoms with Crippen molar-refractivity contribution in [1.82, 2.24) is 4.57 Å². The molecule has 3 aromatic carbocycles. The monoisotopic (exact) mass is 628 g/mol. The van der Waals surface area contributed by atoms with Crippen LogP contribution in [0.5, 0.6) is 17.2 Å². The summed E-state index contributed by atoms with van der Waals surface area (Å²) in [6.07, 6.45) is 1.72. The van der Waals surface area contributed by atoms with Gasteiger partial charge in [-0.25, -0.2) is 14.6 Å². The third-order valence-corrected chi connectivity index (χ3v) is 7.90. The van der Waals surface area contributed by atoms with Crippen LogP contribution in [0.3, 0.4) is 0 Å². The normalized spacial score (nSPS) is 14.3. The number of ether oxygens (including phenoxy) is 5. The number of fused-ring (bicyclic) bond motifs is 1. The molecule has 1 aromatic heterocycles. The summed E-state index contributed by atoms with van der Waals surface area (Å²) in [6, 6.07) is 20.9. The van der Waals surface area contributed by atoms with Crippen molar-refractivity contribution >= 4 is 35.0 Å². The van der Waals surface area contributed by atoms with Crippen LogP contribution in [0.15, 0.2) is 88.2 Å². The zero-order valence-electron chi connectivity index (χ0n) is 25.3. The van der Waals surface area contributed by atoms with E-state index < -0.39 is 18.0 Å². The van der Waals surface area contributed by atoms with Crippen LogP contribution in [-0.2, 0) is 19.1 Å². The fourth-order valence-electron chi connectivity index (χ4n) is 4.95. The summed E-state index contributed by atoms with van der Waals surface area (Å²) in [5.41, 5.74) is 2.39. The van der Waals surface area contributed by atoms with Gasteiger partial charge < -0.3 is 23.7 Å². The van der Waals surface area contributed by atoms with E-state index >= 15 is 0 Å². The minimum atomic E-state index is -0.832. The van der Waals surface area contributed by atoms with E-state index in [1.807, 2.05) is 42.5 Å². The summed E-state index contributed by atoms with van der Waals surface area (Å²) in [7, 11) is 3.05. The number of benzene rings is 3. The van der Waals surface area contributed by atoms with Crippen LogP contribution in [0, 0.1) is 0 Å². The van der Waals surface area contributed by atoms with Crippen molar-refractivity contribution in [3.05, 3.63) is 115 Å². The second-order valence-electron chi connectivity index (χ2n) is 9.71. The van der Waals surface area contributed by atoms with Crippen molar-refractivity contribution in [3.8, 4) is 17.2 Å². The molecule has 11 heteroatoms. The Labute approximate surface area is 263 Å². The van der Waals surface area contributed by atoms with Gasteiger partial charge in [-0.2, -0.15) is 0 Å². The summed E-state index contributed by atoms with van der Waals surface area (Å²) in [5.74, 6) is 0.256. The lowest BCUT2D eigenvalue weighted by Crippen LogP contribution is -2.40. The second-order valence-corrected chi connectivity index (χ2v) is 10.7. The molecule has 1 aliphatic heterocycles. The molecule has 0 amide bonds. The van der Waals surface area contributed by atoms with Gasteiger partial charge in [-0.05, 0) is 55.3 Å². The fourth-order valence-corrected chi connectivity index (χ4v) is 5.95. The van der Waals surface area contributed by atoms with Gasteiger partial charge >= 0.3 is 11.9 Å². The molecule has 0 fully saturated rings. The van der Waals surface area contributed by atoms with E-state index in [1.165, 1.54) is 23.0 Å². The van der Waals surface area contributed by atoms with Crippen LogP contribution < -0.4 is 29.1 Å². The summed E-state index contributed by atoms with van der Waals surface area (Å²) in [6.45, 7) is 3.59. The molecule has 0 aliphatic carbocycles. The number of hydrogen-bond acceptors (Lipinski definition) is 10. The van der Waals surface area contributed by atoms with Crippen molar-refractivity contribution in [2.45, 2.75) is 19.9 Å². The third-order valence-electron chi connectivity index (χ3n) is 6.92. The maximum atomic E-state index is 14.2. The molecule has 2 heterocycles. The van der Waals surface area contributed by atoms with Gasteiger partial charge in [0.05, 0.1) is 49.3 Å². The minimum Gasteiger partial charge on any atom is -0.497 e. The molecular weight excluding hydrogens is 596 g/mol. The molecule has 1 atom stereocenters. The minimum absolute atomic E-state index is 0.154. The SMILES string of the molecule is CCOC(=O)COc1ccc(C=c2sc3n(c2=O)C(c2cccc(OC)c2)C(C(=O)OCC)=C(c2ccccc2)N=3)cc1OC. The van der Waals surface area contributed by atoms with Crippen LogP contribution in [0.25, 0.3) is 11.8 Å². The molecule has 0 bridgehead atoms. The quantitative estimate of drug-likeness (QED) is 0.230. The van der Waals surface area contributed by atoms with Gasteiger partial charge in [-0.3, -0.25) is 9.36 Å². The Morgan fingerprint density at radius 1 is 0.911 bits per heavy atom. The highest BCUT2D eigenvalue weighted by molar-refractivity contribution is 7.07. The standard InChI is InChI=1S/C34H32N2O8S/c1-5-42-28(37)20-44-25-16-15-21(17-26(25)41-4)18-27-32(38)36-31(23-13-10-14-24(19-23)40-3)29(33(39)43-6-2)30(35-34(36)45-27)22-11-8-7-9-12-22/h7-19,31H,5-6,20H2,1-4H3.